The smallest absolute Gasteiger partial charge is 0.287 e. The molecule has 0 fully saturated rings. The molecule has 2 heterocycles. The molecule has 0 bridgehead atoms. The molecule has 0 aliphatic carbocycles. The highest BCUT2D eigenvalue weighted by Crippen LogP contribution is 2.34. The molecule has 0 spiro atoms. The quantitative estimate of drug-likeness (QED) is 0.732. The van der Waals surface area contributed by atoms with Gasteiger partial charge in [-0.2, -0.15) is 15.2 Å². The minimum absolute atomic E-state index is 0.0203. The molecule has 1 aliphatic rings. The van der Waals surface area contributed by atoms with Gasteiger partial charge >= 0.3 is 0 Å². The number of hydrogen-bond acceptors (Lipinski definition) is 4. The highest BCUT2D eigenvalue weighted by atomic mass is 79.9. The number of hydrogen-bond donors (Lipinski definition) is 1. The number of aryl methyl sites for hydroxylation is 1. The van der Waals surface area contributed by atoms with E-state index in [-0.39, 0.29) is 11.6 Å². The maximum absolute atomic E-state index is 13.2. The van der Waals surface area contributed by atoms with Gasteiger partial charge in [-0.05, 0) is 29.8 Å². The van der Waals surface area contributed by atoms with E-state index in [1.54, 1.807) is 13.8 Å². The molecule has 0 saturated carbocycles. The first-order valence-corrected chi connectivity index (χ1v) is 8.18. The van der Waals surface area contributed by atoms with Crippen molar-refractivity contribution in [3.05, 3.63) is 15.9 Å². The van der Waals surface area contributed by atoms with Crippen LogP contribution in [0.5, 0.6) is 0 Å². The van der Waals surface area contributed by atoms with Crippen molar-refractivity contribution >= 4 is 27.5 Å². The second-order valence-corrected chi connectivity index (χ2v) is 6.76. The van der Waals surface area contributed by atoms with Crippen molar-refractivity contribution in [2.45, 2.75) is 52.3 Å². The number of rotatable bonds is 5. The van der Waals surface area contributed by atoms with Crippen LogP contribution in [-0.4, -0.2) is 50.1 Å². The van der Waals surface area contributed by atoms with E-state index in [1.807, 2.05) is 0 Å². The molecule has 2 atom stereocenters. The lowest BCUT2D eigenvalue weighted by Gasteiger charge is -2.31. The highest BCUT2D eigenvalue weighted by molar-refractivity contribution is 9.10. The number of aromatic nitrogens is 2. The summed E-state index contributed by atoms with van der Waals surface area (Å²) in [5.41, 5.74) is -2.61. The maximum atomic E-state index is 13.2. The largest absolute Gasteiger partial charge is 0.364 e. The van der Waals surface area contributed by atoms with Crippen molar-refractivity contribution in [1.29, 1.82) is 0 Å². The Hall–Kier alpha value is -1.49. The molecule has 0 radical (unpaired) electrons. The summed E-state index contributed by atoms with van der Waals surface area (Å²) < 4.78 is 54.2. The van der Waals surface area contributed by atoms with Gasteiger partial charge in [-0.3, -0.25) is 9.48 Å². The van der Waals surface area contributed by atoms with E-state index >= 15 is 0 Å². The van der Waals surface area contributed by atoms with E-state index in [0.29, 0.717) is 5.69 Å². The number of alkyl halides is 4. The Kier molecular flexibility index (Phi) is 5.57. The van der Waals surface area contributed by atoms with Crippen molar-refractivity contribution in [2.24, 2.45) is 11.0 Å². The van der Waals surface area contributed by atoms with E-state index in [4.69, 9.17) is 0 Å². The third kappa shape index (κ3) is 3.57. The second-order valence-electron chi connectivity index (χ2n) is 5.97. The van der Waals surface area contributed by atoms with E-state index < -0.39 is 42.5 Å². The fourth-order valence-electron chi connectivity index (χ4n) is 2.52. The summed E-state index contributed by atoms with van der Waals surface area (Å²) in [5.74, 6) is -1.90. The molecule has 0 saturated heterocycles. The van der Waals surface area contributed by atoms with Gasteiger partial charge in [-0.25, -0.2) is 17.6 Å². The average molecular weight is 429 g/mol. The summed E-state index contributed by atoms with van der Waals surface area (Å²) in [7, 11) is 0. The molecule has 1 aromatic heterocycles. The zero-order chi connectivity index (χ0) is 19.1. The van der Waals surface area contributed by atoms with Crippen molar-refractivity contribution in [2.75, 3.05) is 0 Å². The highest BCUT2D eigenvalue weighted by Gasteiger charge is 2.53. The Balaban J connectivity index is 2.25. The zero-order valence-electron chi connectivity index (χ0n) is 13.7. The number of nitrogens with zero attached hydrogens (tertiary/aromatic N) is 4. The molecule has 6 nitrogen and oxygen atoms in total. The van der Waals surface area contributed by atoms with E-state index in [1.165, 1.54) is 11.6 Å². The van der Waals surface area contributed by atoms with Gasteiger partial charge in [0.05, 0.1) is 22.6 Å². The minimum Gasteiger partial charge on any atom is -0.364 e. The monoisotopic (exact) mass is 428 g/mol. The normalized spacial score (nSPS) is 22.0. The first-order chi connectivity index (χ1) is 11.5. The lowest BCUT2D eigenvalue weighted by Crippen LogP contribution is -2.53. The fraction of sp³-hybridized carbons (Fsp3) is 0.643. The van der Waals surface area contributed by atoms with Crippen LogP contribution < -0.4 is 0 Å². The second kappa shape index (κ2) is 7.02. The topological polar surface area (TPSA) is 70.7 Å². The number of carbonyl (C=O) groups is 1. The molecular weight excluding hydrogens is 412 g/mol. The van der Waals surface area contributed by atoms with Gasteiger partial charge in [-0.15, -0.1) is 0 Å². The summed E-state index contributed by atoms with van der Waals surface area (Å²) in [6.07, 6.45) is -7.66. The minimum atomic E-state index is -3.44. The third-order valence-electron chi connectivity index (χ3n) is 4.01. The van der Waals surface area contributed by atoms with E-state index in [0.717, 1.165) is 10.2 Å². The zero-order valence-corrected chi connectivity index (χ0v) is 15.3. The number of amides is 1. The van der Waals surface area contributed by atoms with Gasteiger partial charge in [0.1, 0.15) is 5.71 Å². The molecule has 2 rings (SSSR count). The first-order valence-electron chi connectivity index (χ1n) is 7.38. The Labute approximate surface area is 149 Å². The van der Waals surface area contributed by atoms with E-state index in [9.17, 15) is 27.5 Å². The number of aliphatic hydroxyl groups is 1. The summed E-state index contributed by atoms with van der Waals surface area (Å²) in [5, 5.41) is 17.6. The Bertz CT molecular complexity index is 709. The molecule has 140 valence electrons. The molecule has 11 heteroatoms. The predicted molar refractivity (Wildman–Crippen MR) is 84.4 cm³/mol. The number of hydrazone groups is 1. The van der Waals surface area contributed by atoms with Gasteiger partial charge in [0.25, 0.3) is 12.9 Å². The van der Waals surface area contributed by atoms with Gasteiger partial charge in [-0.1, -0.05) is 6.92 Å². The van der Waals surface area contributed by atoms with Crippen LogP contribution in [0.1, 0.15) is 24.7 Å². The lowest BCUT2D eigenvalue weighted by atomic mass is 10.1. The van der Waals surface area contributed by atoms with Crippen LogP contribution in [-0.2, 0) is 11.3 Å². The molecule has 2 unspecified atom stereocenters. The Morgan fingerprint density at radius 1 is 1.36 bits per heavy atom. The fourth-order valence-corrected chi connectivity index (χ4v) is 2.81. The summed E-state index contributed by atoms with van der Waals surface area (Å²) in [6.45, 7) is 4.94. The SMILES string of the molecule is Cc1nn(CC(C)C(=O)N2N=C(C(F)F)CC2(O)C(F)F)c(C)c1Br. The molecular formula is C14H17BrF4N4O2. The van der Waals surface area contributed by atoms with Crippen molar-refractivity contribution in [3.63, 3.8) is 0 Å². The number of halogens is 5. The van der Waals surface area contributed by atoms with Crippen LogP contribution in [0.25, 0.3) is 0 Å². The van der Waals surface area contributed by atoms with Crippen LogP contribution >= 0.6 is 15.9 Å². The first kappa shape index (κ1) is 19.8. The van der Waals surface area contributed by atoms with Crippen LogP contribution in [0, 0.1) is 19.8 Å². The van der Waals surface area contributed by atoms with Gasteiger partial charge < -0.3 is 5.11 Å². The standard InChI is InChI=1S/C14H17BrF4N4O2/c1-6(5-22-8(3)10(15)7(2)20-22)12(24)23-14(25,13(18)19)4-9(21-23)11(16)17/h6,11,13,25H,4-5H2,1-3H3. The van der Waals surface area contributed by atoms with E-state index in [2.05, 4.69) is 26.1 Å². The van der Waals surface area contributed by atoms with Crippen LogP contribution in [0.2, 0.25) is 0 Å². The Morgan fingerprint density at radius 3 is 2.40 bits per heavy atom. The van der Waals surface area contributed by atoms with Crippen LogP contribution in [0.15, 0.2) is 9.57 Å². The lowest BCUT2D eigenvalue weighted by molar-refractivity contribution is -0.195. The van der Waals surface area contributed by atoms with Crippen LogP contribution in [0.3, 0.4) is 0 Å². The predicted octanol–water partition coefficient (Wildman–Crippen LogP) is 2.71. The molecule has 1 amide bonds. The van der Waals surface area contributed by atoms with Gasteiger partial charge in [0, 0.05) is 12.1 Å². The van der Waals surface area contributed by atoms with Crippen molar-refractivity contribution in [3.8, 4) is 0 Å². The summed E-state index contributed by atoms with van der Waals surface area (Å²) in [4.78, 5) is 12.5. The maximum Gasteiger partial charge on any atom is 0.287 e. The third-order valence-corrected chi connectivity index (χ3v) is 5.16. The van der Waals surface area contributed by atoms with Gasteiger partial charge in [0.15, 0.2) is 0 Å². The average Bonchev–Trinajstić information content (AvgIpc) is 3.01. The van der Waals surface area contributed by atoms with Gasteiger partial charge in [0.2, 0.25) is 11.6 Å². The molecule has 0 aromatic carbocycles. The van der Waals surface area contributed by atoms with Crippen LogP contribution in [0.4, 0.5) is 17.6 Å². The molecule has 1 aliphatic heterocycles. The molecule has 1 aromatic rings. The number of carbonyl (C=O) groups excluding carboxylic acids is 1. The van der Waals surface area contributed by atoms with Crippen molar-refractivity contribution < 1.29 is 27.5 Å². The Morgan fingerprint density at radius 2 is 1.96 bits per heavy atom. The summed E-state index contributed by atoms with van der Waals surface area (Å²) >= 11 is 3.33. The van der Waals surface area contributed by atoms with Crippen molar-refractivity contribution in [1.82, 2.24) is 14.8 Å². The molecule has 25 heavy (non-hydrogen) atoms. The molecule has 1 N–H and O–H groups in total. The summed E-state index contributed by atoms with van der Waals surface area (Å²) in [6, 6.07) is 0.